The van der Waals surface area contributed by atoms with E-state index in [4.69, 9.17) is 0 Å². The lowest BCUT2D eigenvalue weighted by molar-refractivity contribution is 0.569. The average Bonchev–Trinajstić information content (AvgIpc) is 3.87. The van der Waals surface area contributed by atoms with Gasteiger partial charge in [0.25, 0.3) is 0 Å². The quantitative estimate of drug-likeness (QED) is 0.170. The molecule has 9 aromatic carbocycles. The van der Waals surface area contributed by atoms with E-state index in [2.05, 4.69) is 220 Å². The molecule has 66 heavy (non-hydrogen) atoms. The molecular formula is C62H52FN3. The minimum atomic E-state index is -0.291. The Kier molecular flexibility index (Phi) is 9.81. The number of fused-ring (bicyclic) bond motifs is 6. The third-order valence-electron chi connectivity index (χ3n) is 13.3. The fraction of sp³-hybridized carbons (Fsp3) is 0.129. The smallest absolute Gasteiger partial charge is 0.147 e. The van der Waals surface area contributed by atoms with E-state index in [0.717, 1.165) is 72.2 Å². The highest BCUT2D eigenvalue weighted by Gasteiger charge is 2.25. The Balaban J connectivity index is 1.04. The summed E-state index contributed by atoms with van der Waals surface area (Å²) in [5, 5.41) is 4.81. The van der Waals surface area contributed by atoms with E-state index in [1.54, 1.807) is 6.07 Å². The van der Waals surface area contributed by atoms with Crippen LogP contribution in [-0.2, 0) is 10.8 Å². The molecule has 2 heterocycles. The molecule has 4 heteroatoms. The normalized spacial score (nSPS) is 12.2. The molecule has 0 unspecified atom stereocenters. The van der Waals surface area contributed by atoms with E-state index in [1.165, 1.54) is 32.9 Å². The number of halogens is 1. The lowest BCUT2D eigenvalue weighted by Crippen LogP contribution is -2.16. The van der Waals surface area contributed by atoms with Gasteiger partial charge in [0.15, 0.2) is 0 Å². The molecule has 11 rings (SSSR count). The van der Waals surface area contributed by atoms with Crippen LogP contribution in [0.1, 0.15) is 52.7 Å². The first-order chi connectivity index (χ1) is 31.9. The van der Waals surface area contributed by atoms with Gasteiger partial charge in [-0.25, -0.2) is 4.39 Å². The molecule has 1 N–H and O–H groups in total. The summed E-state index contributed by atoms with van der Waals surface area (Å²) < 4.78 is 19.6. The predicted molar refractivity (Wildman–Crippen MR) is 278 cm³/mol. The summed E-state index contributed by atoms with van der Waals surface area (Å²) in [6.45, 7) is 13.4. The molecular weight excluding hydrogens is 806 g/mol. The summed E-state index contributed by atoms with van der Waals surface area (Å²) in [5.41, 5.74) is 16.3. The van der Waals surface area contributed by atoms with Gasteiger partial charge in [-0.15, -0.1) is 0 Å². The van der Waals surface area contributed by atoms with Crippen molar-refractivity contribution >= 4 is 60.7 Å². The van der Waals surface area contributed by atoms with Gasteiger partial charge < -0.3 is 14.5 Å². The lowest BCUT2D eigenvalue weighted by atomic mass is 9.79. The zero-order valence-electron chi connectivity index (χ0n) is 38.3. The Hall–Kier alpha value is -7.69. The molecule has 0 aliphatic heterocycles. The molecule has 3 nitrogen and oxygen atoms in total. The molecule has 0 saturated carbocycles. The highest BCUT2D eigenvalue weighted by atomic mass is 19.1. The van der Waals surface area contributed by atoms with Crippen molar-refractivity contribution in [1.82, 2.24) is 9.55 Å². The third-order valence-corrected chi connectivity index (χ3v) is 13.3. The van der Waals surface area contributed by atoms with Crippen molar-refractivity contribution in [3.63, 3.8) is 0 Å². The topological polar surface area (TPSA) is 24.0 Å². The molecule has 0 aliphatic rings. The molecule has 0 aliphatic carbocycles. The third kappa shape index (κ3) is 7.05. The molecule has 0 fully saturated rings. The minimum absolute atomic E-state index is 0.0591. The second kappa shape index (κ2) is 15.8. The highest BCUT2D eigenvalue weighted by molar-refractivity contribution is 6.14. The van der Waals surface area contributed by atoms with Gasteiger partial charge in [0.2, 0.25) is 0 Å². The zero-order valence-corrected chi connectivity index (χ0v) is 38.3. The number of nitrogens with zero attached hydrogens (tertiary/aromatic N) is 2. The maximum absolute atomic E-state index is 17.2. The van der Waals surface area contributed by atoms with E-state index in [-0.39, 0.29) is 16.6 Å². The number of anilines is 3. The van der Waals surface area contributed by atoms with Crippen molar-refractivity contribution in [2.24, 2.45) is 0 Å². The fourth-order valence-corrected chi connectivity index (χ4v) is 9.84. The first-order valence-electron chi connectivity index (χ1n) is 23.0. The van der Waals surface area contributed by atoms with Gasteiger partial charge in [-0.1, -0.05) is 181 Å². The molecule has 0 saturated heterocycles. The van der Waals surface area contributed by atoms with Crippen molar-refractivity contribution in [3.8, 4) is 39.1 Å². The van der Waals surface area contributed by atoms with E-state index < -0.39 is 0 Å². The molecule has 2 aromatic heterocycles. The van der Waals surface area contributed by atoms with Gasteiger partial charge in [-0.3, -0.25) is 0 Å². The summed E-state index contributed by atoms with van der Waals surface area (Å²) in [7, 11) is 0. The Morgan fingerprint density at radius 2 is 0.985 bits per heavy atom. The standard InChI is InChI=1S/C62H52FN3/c1-61(2,3)42-35-41(36-43(38-42)62(4,5)6)40-31-34-59(54(63)37-40)65(44-19-8-7-9-20-44)56-28-15-12-23-48(56)46-21-10-11-22-47(46)51-26-18-27-52-53-39-45(32-33-55(53)64-60(51)52)66-57-29-16-13-24-49(57)50-25-14-17-30-58(50)66/h7-39,64H,1-6H3. The molecule has 0 radical (unpaired) electrons. The number of aromatic amines is 1. The van der Waals surface area contributed by atoms with Crippen LogP contribution in [0.15, 0.2) is 200 Å². The maximum atomic E-state index is 17.2. The van der Waals surface area contributed by atoms with Crippen molar-refractivity contribution < 1.29 is 4.39 Å². The number of nitrogens with one attached hydrogen (secondary N) is 1. The Morgan fingerprint density at radius 3 is 1.64 bits per heavy atom. The number of benzene rings is 9. The zero-order chi connectivity index (χ0) is 45.3. The second-order valence-electron chi connectivity index (χ2n) is 19.7. The van der Waals surface area contributed by atoms with Crippen LogP contribution in [0.5, 0.6) is 0 Å². The number of hydrogen-bond acceptors (Lipinski definition) is 1. The molecule has 11 aromatic rings. The van der Waals surface area contributed by atoms with Gasteiger partial charge >= 0.3 is 0 Å². The van der Waals surface area contributed by atoms with Gasteiger partial charge in [0, 0.05) is 49.6 Å². The maximum Gasteiger partial charge on any atom is 0.147 e. The molecule has 0 atom stereocenters. The number of aromatic nitrogens is 2. The van der Waals surface area contributed by atoms with Gasteiger partial charge in [-0.2, -0.15) is 0 Å². The average molecular weight is 858 g/mol. The summed E-state index contributed by atoms with van der Waals surface area (Å²) in [6, 6.07) is 70.2. The van der Waals surface area contributed by atoms with Gasteiger partial charge in [0.05, 0.1) is 27.9 Å². The number of H-pyrrole nitrogens is 1. The van der Waals surface area contributed by atoms with Crippen LogP contribution in [0, 0.1) is 5.82 Å². The van der Waals surface area contributed by atoms with Crippen LogP contribution < -0.4 is 4.90 Å². The summed E-state index contributed by atoms with van der Waals surface area (Å²) in [4.78, 5) is 5.91. The van der Waals surface area contributed by atoms with Crippen LogP contribution in [-0.4, -0.2) is 9.55 Å². The SMILES string of the molecule is CC(C)(C)c1cc(-c2ccc(N(c3ccccc3)c3ccccc3-c3ccccc3-c3cccc4c3[nH]c3ccc(-n5c6ccccc6c6ccccc65)cc34)c(F)c2)cc(C(C)(C)C)c1. The Bertz CT molecular complexity index is 3550. The van der Waals surface area contributed by atoms with Crippen molar-refractivity contribution in [2.75, 3.05) is 4.90 Å². The summed E-state index contributed by atoms with van der Waals surface area (Å²) in [6.07, 6.45) is 0. The number of hydrogen-bond donors (Lipinski definition) is 1. The van der Waals surface area contributed by atoms with E-state index in [0.29, 0.717) is 5.69 Å². The van der Waals surface area contributed by atoms with Gasteiger partial charge in [-0.05, 0) is 105 Å². The van der Waals surface area contributed by atoms with Crippen LogP contribution >= 0.6 is 0 Å². The predicted octanol–water partition coefficient (Wildman–Crippen LogP) is 17.6. The highest BCUT2D eigenvalue weighted by Crippen LogP contribution is 2.46. The van der Waals surface area contributed by atoms with E-state index in [1.807, 2.05) is 30.3 Å². The molecule has 0 bridgehead atoms. The van der Waals surface area contributed by atoms with Crippen LogP contribution in [0.25, 0.3) is 82.7 Å². The van der Waals surface area contributed by atoms with Crippen molar-refractivity contribution in [3.05, 3.63) is 217 Å². The first kappa shape index (κ1) is 41.0. The first-order valence-corrected chi connectivity index (χ1v) is 23.0. The van der Waals surface area contributed by atoms with E-state index >= 15 is 4.39 Å². The monoisotopic (exact) mass is 857 g/mol. The number of para-hydroxylation sites is 5. The largest absolute Gasteiger partial charge is 0.354 e. The van der Waals surface area contributed by atoms with Crippen LogP contribution in [0.2, 0.25) is 0 Å². The summed E-state index contributed by atoms with van der Waals surface area (Å²) >= 11 is 0. The minimum Gasteiger partial charge on any atom is -0.354 e. The van der Waals surface area contributed by atoms with Gasteiger partial charge in [0.1, 0.15) is 5.82 Å². The lowest BCUT2D eigenvalue weighted by Gasteiger charge is -2.29. The van der Waals surface area contributed by atoms with Crippen molar-refractivity contribution in [2.45, 2.75) is 52.4 Å². The summed E-state index contributed by atoms with van der Waals surface area (Å²) in [5.74, 6) is -0.291. The van der Waals surface area contributed by atoms with Crippen LogP contribution in [0.4, 0.5) is 21.5 Å². The Labute approximate surface area is 386 Å². The van der Waals surface area contributed by atoms with E-state index in [9.17, 15) is 0 Å². The Morgan fingerprint density at radius 1 is 0.424 bits per heavy atom. The number of rotatable bonds is 7. The van der Waals surface area contributed by atoms with Crippen LogP contribution in [0.3, 0.4) is 0 Å². The van der Waals surface area contributed by atoms with Crippen molar-refractivity contribution in [1.29, 1.82) is 0 Å². The second-order valence-corrected chi connectivity index (χ2v) is 19.7. The fourth-order valence-electron chi connectivity index (χ4n) is 9.84. The molecule has 0 spiro atoms. The molecule has 322 valence electrons. The molecule has 0 amide bonds.